The number of Topliss-reactive ketones (excluding diaryl/α,β-unsaturated/α-hetero) is 1. The van der Waals surface area contributed by atoms with Crippen LogP contribution < -0.4 is 9.64 Å². The van der Waals surface area contributed by atoms with Gasteiger partial charge in [-0.05, 0) is 67.8 Å². The molecule has 10 heteroatoms. The number of carbonyl (C=O) groups excluding carboxylic acids is 3. The SMILES string of the molecule is CCOC(=O)c1sc(N2C(=O)C(=O)C(=C(O)c3ccc(OCc4ccccc4)cc3C)[C@@H]2c2ccc(F)cc2)nc1C. The lowest BCUT2D eigenvalue weighted by Gasteiger charge is -2.23. The van der Waals surface area contributed by atoms with Gasteiger partial charge in [0.05, 0.1) is 23.9 Å². The van der Waals surface area contributed by atoms with Crippen molar-refractivity contribution >= 4 is 39.9 Å². The molecule has 0 unspecified atom stereocenters. The van der Waals surface area contributed by atoms with Gasteiger partial charge >= 0.3 is 11.9 Å². The molecule has 1 N–H and O–H groups in total. The molecule has 0 saturated carbocycles. The van der Waals surface area contributed by atoms with Gasteiger partial charge in [0.25, 0.3) is 5.78 Å². The third-order valence-electron chi connectivity index (χ3n) is 6.78. The number of hydrogen-bond donors (Lipinski definition) is 1. The second kappa shape index (κ2) is 12.0. The molecule has 1 fully saturated rings. The van der Waals surface area contributed by atoms with Gasteiger partial charge < -0.3 is 14.6 Å². The van der Waals surface area contributed by atoms with Crippen molar-refractivity contribution in [3.63, 3.8) is 0 Å². The number of hydrogen-bond acceptors (Lipinski definition) is 8. The molecule has 8 nitrogen and oxygen atoms in total. The van der Waals surface area contributed by atoms with Gasteiger partial charge in [0.15, 0.2) is 5.13 Å². The molecule has 0 bridgehead atoms. The summed E-state index contributed by atoms with van der Waals surface area (Å²) in [7, 11) is 0. The molecule has 1 aromatic heterocycles. The number of halogens is 1. The van der Waals surface area contributed by atoms with Gasteiger partial charge in [0, 0.05) is 5.56 Å². The maximum absolute atomic E-state index is 13.9. The van der Waals surface area contributed by atoms with Crippen LogP contribution in [0.25, 0.3) is 5.76 Å². The van der Waals surface area contributed by atoms with Crippen molar-refractivity contribution in [1.82, 2.24) is 4.98 Å². The number of anilines is 1. The van der Waals surface area contributed by atoms with Gasteiger partial charge in [-0.15, -0.1) is 0 Å². The first-order valence-electron chi connectivity index (χ1n) is 13.2. The Morgan fingerprint density at radius 1 is 1.05 bits per heavy atom. The lowest BCUT2D eigenvalue weighted by molar-refractivity contribution is -0.132. The van der Waals surface area contributed by atoms with Crippen molar-refractivity contribution in [2.24, 2.45) is 0 Å². The summed E-state index contributed by atoms with van der Waals surface area (Å²) in [4.78, 5) is 45.1. The van der Waals surface area contributed by atoms with Crippen LogP contribution in [0.3, 0.4) is 0 Å². The standard InChI is InChI=1S/C32H27FN2O6S/c1-4-40-31(39)29-19(3)34-32(42-29)35-26(21-10-12-22(33)13-11-21)25(28(37)30(35)38)27(36)24-15-14-23(16-18(24)2)41-17-20-8-6-5-7-9-20/h5-16,26,36H,4,17H2,1-3H3/t26-/m0/s1. The molecule has 1 atom stereocenters. The highest BCUT2D eigenvalue weighted by molar-refractivity contribution is 7.17. The maximum Gasteiger partial charge on any atom is 0.350 e. The van der Waals surface area contributed by atoms with Crippen LogP contribution >= 0.6 is 11.3 Å². The van der Waals surface area contributed by atoms with Crippen LogP contribution in [0.5, 0.6) is 5.75 Å². The van der Waals surface area contributed by atoms with Gasteiger partial charge in [-0.25, -0.2) is 14.2 Å². The summed E-state index contributed by atoms with van der Waals surface area (Å²) >= 11 is 0.903. The van der Waals surface area contributed by atoms with Gasteiger partial charge in [-0.3, -0.25) is 14.5 Å². The van der Waals surface area contributed by atoms with Crippen LogP contribution in [0, 0.1) is 19.7 Å². The summed E-state index contributed by atoms with van der Waals surface area (Å²) in [6.07, 6.45) is 0. The summed E-state index contributed by atoms with van der Waals surface area (Å²) in [5.41, 5.74) is 2.45. The number of aryl methyl sites for hydroxylation is 2. The largest absolute Gasteiger partial charge is 0.507 e. The van der Waals surface area contributed by atoms with Crippen LogP contribution in [-0.2, 0) is 20.9 Å². The number of ether oxygens (including phenoxy) is 2. The Balaban J connectivity index is 1.57. The van der Waals surface area contributed by atoms with Crippen molar-refractivity contribution < 1.29 is 33.4 Å². The van der Waals surface area contributed by atoms with E-state index in [9.17, 15) is 23.9 Å². The molecule has 1 saturated heterocycles. The Morgan fingerprint density at radius 2 is 1.76 bits per heavy atom. The second-order valence-electron chi connectivity index (χ2n) is 9.60. The number of amides is 1. The van der Waals surface area contributed by atoms with E-state index in [0.717, 1.165) is 21.8 Å². The third-order valence-corrected chi connectivity index (χ3v) is 7.92. The zero-order chi connectivity index (χ0) is 30.0. The number of esters is 1. The van der Waals surface area contributed by atoms with Crippen LogP contribution in [0.1, 0.15) is 50.6 Å². The van der Waals surface area contributed by atoms with E-state index in [0.29, 0.717) is 34.7 Å². The minimum atomic E-state index is -1.13. The summed E-state index contributed by atoms with van der Waals surface area (Å²) in [5.74, 6) is -2.80. The highest BCUT2D eigenvalue weighted by atomic mass is 32.1. The first-order valence-corrected chi connectivity index (χ1v) is 14.0. The average Bonchev–Trinajstić information content (AvgIpc) is 3.49. The molecule has 1 aliphatic rings. The van der Waals surface area contributed by atoms with Gasteiger partial charge in [-0.1, -0.05) is 53.8 Å². The molecule has 0 spiro atoms. The Bertz CT molecular complexity index is 1700. The molecule has 0 radical (unpaired) electrons. The number of carbonyl (C=O) groups is 3. The maximum atomic E-state index is 13.9. The zero-order valence-corrected chi connectivity index (χ0v) is 23.9. The minimum absolute atomic E-state index is 0.0763. The van der Waals surface area contributed by atoms with Gasteiger partial charge in [0.2, 0.25) is 0 Å². The fourth-order valence-electron chi connectivity index (χ4n) is 4.74. The molecule has 3 aromatic carbocycles. The topological polar surface area (TPSA) is 106 Å². The molecule has 1 amide bonds. The number of nitrogens with zero attached hydrogens (tertiary/aromatic N) is 2. The quantitative estimate of drug-likeness (QED) is 0.112. The molecule has 42 heavy (non-hydrogen) atoms. The number of thiazole rings is 1. The fourth-order valence-corrected chi connectivity index (χ4v) is 5.73. The van der Waals surface area contributed by atoms with E-state index in [1.54, 1.807) is 39.0 Å². The fraction of sp³-hybridized carbons (Fsp3) is 0.188. The lowest BCUT2D eigenvalue weighted by Crippen LogP contribution is -2.29. The highest BCUT2D eigenvalue weighted by Gasteiger charge is 2.48. The van der Waals surface area contributed by atoms with Crippen molar-refractivity contribution in [3.05, 3.63) is 117 Å². The number of aromatic nitrogens is 1. The molecule has 2 heterocycles. The summed E-state index contributed by atoms with van der Waals surface area (Å²) in [6, 6.07) is 18.8. The first-order chi connectivity index (χ1) is 20.2. The first kappa shape index (κ1) is 28.7. The number of aliphatic hydroxyl groups is 1. The van der Waals surface area contributed by atoms with Crippen molar-refractivity contribution in [1.29, 1.82) is 0 Å². The predicted molar refractivity (Wildman–Crippen MR) is 156 cm³/mol. The molecule has 0 aliphatic carbocycles. The van der Waals surface area contributed by atoms with Gasteiger partial charge in [0.1, 0.15) is 28.8 Å². The number of rotatable bonds is 8. The van der Waals surface area contributed by atoms with Crippen molar-refractivity contribution in [2.75, 3.05) is 11.5 Å². The minimum Gasteiger partial charge on any atom is -0.507 e. The number of aliphatic hydroxyl groups excluding tert-OH is 1. The molecule has 4 aromatic rings. The second-order valence-corrected chi connectivity index (χ2v) is 10.6. The molecule has 1 aliphatic heterocycles. The summed E-state index contributed by atoms with van der Waals surface area (Å²) in [5, 5.41) is 11.6. The Kier molecular flexibility index (Phi) is 8.17. The van der Waals surface area contributed by atoms with E-state index in [4.69, 9.17) is 9.47 Å². The summed E-state index contributed by atoms with van der Waals surface area (Å²) < 4.78 is 24.9. The van der Waals surface area contributed by atoms with E-state index in [1.807, 2.05) is 30.3 Å². The number of benzene rings is 3. The van der Waals surface area contributed by atoms with E-state index in [-0.39, 0.29) is 22.2 Å². The molecule has 214 valence electrons. The highest BCUT2D eigenvalue weighted by Crippen LogP contribution is 2.44. The molecular weight excluding hydrogens is 559 g/mol. The third kappa shape index (κ3) is 5.53. The number of ketones is 1. The van der Waals surface area contributed by atoms with Crippen LogP contribution in [0.4, 0.5) is 9.52 Å². The predicted octanol–water partition coefficient (Wildman–Crippen LogP) is 6.28. The monoisotopic (exact) mass is 586 g/mol. The van der Waals surface area contributed by atoms with E-state index < -0.39 is 35.3 Å². The molecule has 5 rings (SSSR count). The van der Waals surface area contributed by atoms with Crippen LogP contribution in [-0.4, -0.2) is 34.4 Å². The Morgan fingerprint density at radius 3 is 2.43 bits per heavy atom. The van der Waals surface area contributed by atoms with E-state index >= 15 is 0 Å². The van der Waals surface area contributed by atoms with Crippen LogP contribution in [0.15, 0.2) is 78.4 Å². The normalized spacial score (nSPS) is 16.1. The average molecular weight is 587 g/mol. The van der Waals surface area contributed by atoms with Gasteiger partial charge in [-0.2, -0.15) is 0 Å². The van der Waals surface area contributed by atoms with Crippen molar-refractivity contribution in [3.8, 4) is 5.75 Å². The molecular formula is C32H27FN2O6S. The summed E-state index contributed by atoms with van der Waals surface area (Å²) in [6.45, 7) is 5.53. The zero-order valence-electron chi connectivity index (χ0n) is 23.1. The van der Waals surface area contributed by atoms with Crippen LogP contribution in [0.2, 0.25) is 0 Å². The Hall–Kier alpha value is -4.83. The lowest BCUT2D eigenvalue weighted by atomic mass is 9.94. The van der Waals surface area contributed by atoms with E-state index in [1.165, 1.54) is 24.3 Å². The van der Waals surface area contributed by atoms with E-state index in [2.05, 4.69) is 4.98 Å². The smallest absolute Gasteiger partial charge is 0.350 e. The van der Waals surface area contributed by atoms with Crippen molar-refractivity contribution in [2.45, 2.75) is 33.4 Å². The Labute approximate surface area is 245 Å².